The minimum absolute atomic E-state index is 0.913. The van der Waals surface area contributed by atoms with Gasteiger partial charge in [-0.1, -0.05) is 72.8 Å². The Labute approximate surface area is 240 Å². The Bertz CT molecular complexity index is 2280. The molecule has 0 unspecified atom stereocenters. The van der Waals surface area contributed by atoms with Crippen LogP contribution in [-0.4, -0.2) is 19.1 Å². The number of nitrogens with zero attached hydrogens (tertiary/aromatic N) is 4. The molecule has 10 aromatic rings. The van der Waals surface area contributed by atoms with E-state index < -0.39 is 0 Å². The van der Waals surface area contributed by atoms with Crippen LogP contribution in [0.5, 0.6) is 0 Å². The maximum absolute atomic E-state index is 4.96. The van der Waals surface area contributed by atoms with Gasteiger partial charge in [0.2, 0.25) is 0 Å². The molecule has 0 saturated carbocycles. The lowest BCUT2D eigenvalue weighted by atomic mass is 10.0. The van der Waals surface area contributed by atoms with Gasteiger partial charge in [-0.05, 0) is 70.1 Å². The number of aromatic nitrogens is 4. The largest absolute Gasteiger partial charge is 0.294 e. The van der Waals surface area contributed by atoms with Crippen molar-refractivity contribution in [2.45, 2.75) is 0 Å². The molecule has 4 nitrogen and oxygen atoms in total. The number of rotatable bonds is 3. The van der Waals surface area contributed by atoms with Crippen molar-refractivity contribution in [3.05, 3.63) is 134 Å². The lowest BCUT2D eigenvalue weighted by Gasteiger charge is -2.10. The van der Waals surface area contributed by atoms with Crippen molar-refractivity contribution in [2.75, 3.05) is 0 Å². The van der Waals surface area contributed by atoms with Crippen LogP contribution in [0.2, 0.25) is 0 Å². The van der Waals surface area contributed by atoms with Gasteiger partial charge in [0.25, 0.3) is 0 Å². The summed E-state index contributed by atoms with van der Waals surface area (Å²) < 4.78 is 4.56. The van der Waals surface area contributed by atoms with Gasteiger partial charge >= 0.3 is 0 Å². The zero-order chi connectivity index (χ0) is 27.4. The first-order valence-corrected chi connectivity index (χ1v) is 14.3. The molecule has 0 bridgehead atoms. The topological polar surface area (TPSA) is 35.6 Å². The zero-order valence-corrected chi connectivity index (χ0v) is 22.5. The van der Waals surface area contributed by atoms with Gasteiger partial charge in [-0.25, -0.2) is 9.97 Å². The smallest absolute Gasteiger partial charge is 0.137 e. The van der Waals surface area contributed by atoms with Crippen LogP contribution >= 0.6 is 0 Å². The summed E-state index contributed by atoms with van der Waals surface area (Å²) in [6, 6.07) is 43.4. The molecule has 6 aromatic carbocycles. The highest BCUT2D eigenvalue weighted by molar-refractivity contribution is 6.25. The molecule has 194 valence electrons. The van der Waals surface area contributed by atoms with Crippen LogP contribution in [0, 0.1) is 0 Å². The molecule has 4 heterocycles. The molecule has 42 heavy (non-hydrogen) atoms. The first-order valence-electron chi connectivity index (χ1n) is 14.3. The predicted molar refractivity (Wildman–Crippen MR) is 174 cm³/mol. The third kappa shape index (κ3) is 2.80. The second kappa shape index (κ2) is 7.93. The Balaban J connectivity index is 1.08. The molecule has 10 rings (SSSR count). The Morgan fingerprint density at radius 2 is 0.667 bits per heavy atom. The van der Waals surface area contributed by atoms with Crippen LogP contribution in [0.1, 0.15) is 0 Å². The van der Waals surface area contributed by atoms with Gasteiger partial charge in [0.05, 0.1) is 22.1 Å². The molecule has 0 N–H and O–H groups in total. The van der Waals surface area contributed by atoms with Crippen LogP contribution in [0.25, 0.3) is 87.9 Å². The van der Waals surface area contributed by atoms with Crippen molar-refractivity contribution in [3.8, 4) is 22.8 Å². The summed E-state index contributed by atoms with van der Waals surface area (Å²) in [5, 5.41) is 10.2. The van der Waals surface area contributed by atoms with Gasteiger partial charge in [-0.15, -0.1) is 0 Å². The summed E-state index contributed by atoms with van der Waals surface area (Å²) in [4.78, 5) is 9.92. The van der Waals surface area contributed by atoms with Gasteiger partial charge < -0.3 is 0 Å². The van der Waals surface area contributed by atoms with Crippen LogP contribution in [0.4, 0.5) is 0 Å². The third-order valence-corrected chi connectivity index (χ3v) is 8.93. The molecule has 4 aromatic heterocycles. The van der Waals surface area contributed by atoms with E-state index in [-0.39, 0.29) is 0 Å². The normalized spacial score (nSPS) is 12.3. The number of hydrogen-bond acceptors (Lipinski definition) is 2. The van der Waals surface area contributed by atoms with E-state index in [0.29, 0.717) is 0 Å². The molecule has 0 aliphatic carbocycles. The fourth-order valence-corrected chi connectivity index (χ4v) is 7.11. The lowest BCUT2D eigenvalue weighted by molar-refractivity contribution is 1.07. The van der Waals surface area contributed by atoms with Crippen molar-refractivity contribution in [3.63, 3.8) is 0 Å². The molecule has 0 fully saturated rings. The standard InChI is InChI=1S/C38H22N4/c1-5-23-13-14-24-6-2-10-30-36(24)35(23)29(9-1)41(30)33-19-17-27(21-39-33)28-18-20-34(40-22-28)42-31-11-3-7-25-15-16-26-8-4-12-32(42)38(26)37(25)31/h1-22H. The Kier molecular flexibility index (Phi) is 4.15. The summed E-state index contributed by atoms with van der Waals surface area (Å²) in [6.45, 7) is 0. The minimum atomic E-state index is 0.913. The van der Waals surface area contributed by atoms with Crippen molar-refractivity contribution in [1.29, 1.82) is 0 Å². The van der Waals surface area contributed by atoms with Gasteiger partial charge in [-0.2, -0.15) is 0 Å². The molecule has 0 radical (unpaired) electrons. The number of hydrogen-bond donors (Lipinski definition) is 0. The van der Waals surface area contributed by atoms with Gasteiger partial charge in [0.15, 0.2) is 0 Å². The molecule has 0 aliphatic heterocycles. The van der Waals surface area contributed by atoms with Crippen LogP contribution in [0.3, 0.4) is 0 Å². The fourth-order valence-electron chi connectivity index (χ4n) is 7.11. The second-order valence-corrected chi connectivity index (χ2v) is 11.1. The minimum Gasteiger partial charge on any atom is -0.294 e. The monoisotopic (exact) mass is 534 g/mol. The molecule has 0 amide bonds. The van der Waals surface area contributed by atoms with Crippen molar-refractivity contribution < 1.29 is 0 Å². The summed E-state index contributed by atoms with van der Waals surface area (Å²) in [7, 11) is 0. The first kappa shape index (κ1) is 22.0. The van der Waals surface area contributed by atoms with E-state index in [2.05, 4.69) is 130 Å². The SMILES string of the molecule is c1cc2ccc3cccc4c3c2c(c1)n4-c1ccc(-c2ccc(-n3c4cccc5ccc6cccc3c6c54)nc2)cn1. The van der Waals surface area contributed by atoms with E-state index >= 15 is 0 Å². The summed E-state index contributed by atoms with van der Waals surface area (Å²) >= 11 is 0. The fraction of sp³-hybridized carbons (Fsp3) is 0. The molecule has 0 spiro atoms. The lowest BCUT2D eigenvalue weighted by Crippen LogP contribution is -1.98. The maximum atomic E-state index is 4.96. The summed E-state index contributed by atoms with van der Waals surface area (Å²) in [5.74, 6) is 1.83. The number of benzene rings is 6. The van der Waals surface area contributed by atoms with Crippen LogP contribution in [-0.2, 0) is 0 Å². The van der Waals surface area contributed by atoms with Gasteiger partial charge in [-0.3, -0.25) is 9.13 Å². The van der Waals surface area contributed by atoms with Crippen molar-refractivity contribution in [2.24, 2.45) is 0 Å². The van der Waals surface area contributed by atoms with Crippen molar-refractivity contribution >= 4 is 65.2 Å². The van der Waals surface area contributed by atoms with E-state index in [1.165, 1.54) is 65.2 Å². The first-order chi connectivity index (χ1) is 20.8. The molecule has 0 atom stereocenters. The Morgan fingerprint density at radius 1 is 0.333 bits per heavy atom. The third-order valence-electron chi connectivity index (χ3n) is 8.93. The van der Waals surface area contributed by atoms with E-state index in [4.69, 9.17) is 9.97 Å². The summed E-state index contributed by atoms with van der Waals surface area (Å²) in [6.07, 6.45) is 3.92. The molecular formula is C38H22N4. The van der Waals surface area contributed by atoms with Crippen LogP contribution < -0.4 is 0 Å². The Hall–Kier alpha value is -5.74. The Morgan fingerprint density at radius 3 is 0.952 bits per heavy atom. The molecule has 4 heteroatoms. The summed E-state index contributed by atoms with van der Waals surface area (Å²) in [5.41, 5.74) is 6.81. The number of pyridine rings is 2. The van der Waals surface area contributed by atoms with Crippen molar-refractivity contribution in [1.82, 2.24) is 19.1 Å². The van der Waals surface area contributed by atoms with Gasteiger partial charge in [0.1, 0.15) is 11.6 Å². The highest BCUT2D eigenvalue weighted by atomic mass is 15.1. The van der Waals surface area contributed by atoms with E-state index in [0.717, 1.165) is 22.8 Å². The maximum Gasteiger partial charge on any atom is 0.137 e. The van der Waals surface area contributed by atoms with E-state index in [9.17, 15) is 0 Å². The molecule has 0 aliphatic rings. The van der Waals surface area contributed by atoms with E-state index in [1.807, 2.05) is 12.4 Å². The quantitative estimate of drug-likeness (QED) is 0.212. The van der Waals surface area contributed by atoms with E-state index in [1.54, 1.807) is 0 Å². The van der Waals surface area contributed by atoms with Crippen LogP contribution in [0.15, 0.2) is 134 Å². The molecular weight excluding hydrogens is 512 g/mol. The van der Waals surface area contributed by atoms with Gasteiger partial charge in [0, 0.05) is 45.1 Å². The predicted octanol–water partition coefficient (Wildman–Crippen LogP) is 9.52. The zero-order valence-electron chi connectivity index (χ0n) is 22.5. The molecule has 0 saturated heterocycles. The average Bonchev–Trinajstić information content (AvgIpc) is 3.58. The second-order valence-electron chi connectivity index (χ2n) is 11.1. The highest BCUT2D eigenvalue weighted by Gasteiger charge is 2.18. The highest BCUT2D eigenvalue weighted by Crippen LogP contribution is 2.40. The average molecular weight is 535 g/mol.